The number of alkyl halides is 2. The van der Waals surface area contributed by atoms with Crippen molar-refractivity contribution in [3.05, 3.63) is 42.4 Å². The summed E-state index contributed by atoms with van der Waals surface area (Å²) in [5.41, 5.74) is 0.565. The molecule has 0 radical (unpaired) electrons. The number of para-hydroxylation sites is 2. The number of ether oxygens (including phenoxy) is 3. The Kier molecular flexibility index (Phi) is 4.29. The largest absolute Gasteiger partial charge is 0.435 e. The van der Waals surface area contributed by atoms with Gasteiger partial charge in [-0.15, -0.1) is 0 Å². The van der Waals surface area contributed by atoms with Crippen LogP contribution in [0.2, 0.25) is 0 Å². The molecule has 7 nitrogen and oxygen atoms in total. The fraction of sp³-hybridized carbons (Fsp3) is 0.214. The van der Waals surface area contributed by atoms with Crippen molar-refractivity contribution in [3.63, 3.8) is 0 Å². The van der Waals surface area contributed by atoms with Gasteiger partial charge in [-0.1, -0.05) is 12.1 Å². The third-order valence-electron chi connectivity index (χ3n) is 2.84. The molecule has 0 N–H and O–H groups in total. The Bertz CT molecular complexity index is 810. The molecule has 23 heavy (non-hydrogen) atoms. The van der Waals surface area contributed by atoms with E-state index in [1.54, 1.807) is 18.2 Å². The van der Waals surface area contributed by atoms with Crippen LogP contribution in [-0.4, -0.2) is 33.3 Å². The lowest BCUT2D eigenvalue weighted by atomic mass is 10.3. The summed E-state index contributed by atoms with van der Waals surface area (Å²) in [6.45, 7) is -2.71. The monoisotopic (exact) mass is 322 g/mol. The molecular weight excluding hydrogens is 310 g/mol. The van der Waals surface area contributed by atoms with Gasteiger partial charge in [0.25, 0.3) is 5.78 Å². The maximum atomic E-state index is 12.5. The van der Waals surface area contributed by atoms with E-state index in [2.05, 4.69) is 19.8 Å². The minimum absolute atomic E-state index is 0.0825. The number of hydrogen-bond donors (Lipinski definition) is 0. The van der Waals surface area contributed by atoms with Crippen molar-refractivity contribution in [2.75, 3.05) is 7.11 Å². The van der Waals surface area contributed by atoms with Gasteiger partial charge in [0.15, 0.2) is 11.5 Å². The van der Waals surface area contributed by atoms with E-state index in [1.165, 1.54) is 30.1 Å². The molecular formula is C14H12F2N4O3. The smallest absolute Gasteiger partial charge is 0.387 e. The molecule has 0 aliphatic heterocycles. The highest BCUT2D eigenvalue weighted by atomic mass is 19.3. The van der Waals surface area contributed by atoms with Crippen LogP contribution in [0.4, 0.5) is 8.78 Å². The highest BCUT2D eigenvalue weighted by Gasteiger charge is 2.14. The number of hydrogen-bond acceptors (Lipinski definition) is 6. The van der Waals surface area contributed by atoms with E-state index in [-0.39, 0.29) is 24.0 Å². The number of rotatable bonds is 6. The molecule has 3 aromatic rings. The summed E-state index contributed by atoms with van der Waals surface area (Å²) in [6.07, 6.45) is 1.31. The van der Waals surface area contributed by atoms with Crippen molar-refractivity contribution in [2.45, 2.75) is 13.2 Å². The fourth-order valence-corrected chi connectivity index (χ4v) is 1.97. The Hall–Kier alpha value is -2.81. The number of halogens is 2. The van der Waals surface area contributed by atoms with E-state index in [1.807, 2.05) is 0 Å². The number of nitrogens with zero attached hydrogens (tertiary/aromatic N) is 4. The van der Waals surface area contributed by atoms with Gasteiger partial charge in [0.1, 0.15) is 6.33 Å². The van der Waals surface area contributed by atoms with Crippen molar-refractivity contribution in [1.29, 1.82) is 0 Å². The van der Waals surface area contributed by atoms with Gasteiger partial charge in [0, 0.05) is 13.2 Å². The first-order chi connectivity index (χ1) is 11.2. The van der Waals surface area contributed by atoms with Crippen LogP contribution in [0.1, 0.15) is 5.69 Å². The molecule has 120 valence electrons. The highest BCUT2D eigenvalue weighted by Crippen LogP contribution is 2.32. The summed E-state index contributed by atoms with van der Waals surface area (Å²) in [6, 6.07) is 7.69. The van der Waals surface area contributed by atoms with E-state index in [0.29, 0.717) is 11.5 Å². The molecule has 2 heterocycles. The van der Waals surface area contributed by atoms with Crippen molar-refractivity contribution in [1.82, 2.24) is 19.6 Å². The average Bonchev–Trinajstić information content (AvgIpc) is 2.98. The van der Waals surface area contributed by atoms with Gasteiger partial charge in [0.2, 0.25) is 5.88 Å². The van der Waals surface area contributed by atoms with Crippen LogP contribution in [-0.2, 0) is 11.3 Å². The Morgan fingerprint density at radius 1 is 1.22 bits per heavy atom. The van der Waals surface area contributed by atoms with Crippen LogP contribution in [0.3, 0.4) is 0 Å². The summed E-state index contributed by atoms with van der Waals surface area (Å²) >= 11 is 0. The molecule has 0 atom stereocenters. The lowest BCUT2D eigenvalue weighted by molar-refractivity contribution is -0.0510. The van der Waals surface area contributed by atoms with E-state index in [9.17, 15) is 8.78 Å². The normalized spacial score (nSPS) is 11.1. The molecule has 0 unspecified atom stereocenters. The first-order valence-electron chi connectivity index (χ1n) is 6.57. The SMILES string of the molecule is COCc1cc(Oc2ccccc2OC(F)F)n2ncnc2n1. The lowest BCUT2D eigenvalue weighted by Crippen LogP contribution is -2.05. The van der Waals surface area contributed by atoms with Gasteiger partial charge in [-0.2, -0.15) is 23.4 Å². The van der Waals surface area contributed by atoms with Crippen molar-refractivity contribution < 1.29 is 23.0 Å². The Morgan fingerprint density at radius 2 is 2.00 bits per heavy atom. The first-order valence-corrected chi connectivity index (χ1v) is 6.57. The summed E-state index contributed by atoms with van der Waals surface area (Å²) in [5.74, 6) is 0.603. The molecule has 0 fully saturated rings. The Balaban J connectivity index is 1.99. The van der Waals surface area contributed by atoms with Crippen molar-refractivity contribution >= 4 is 5.78 Å². The molecule has 9 heteroatoms. The Morgan fingerprint density at radius 3 is 2.74 bits per heavy atom. The minimum Gasteiger partial charge on any atom is -0.435 e. The maximum absolute atomic E-state index is 12.5. The Labute approximate surface area is 129 Å². The molecule has 0 saturated carbocycles. The standard InChI is InChI=1S/C14H12F2N4O3/c1-21-7-9-6-12(20-14(19-9)17-8-18-20)22-10-4-2-3-5-11(10)23-13(15)16/h2-6,8,13H,7H2,1H3. The quantitative estimate of drug-likeness (QED) is 0.695. The van der Waals surface area contributed by atoms with Crippen LogP contribution in [0, 0.1) is 0 Å². The number of benzene rings is 1. The van der Waals surface area contributed by atoms with E-state index >= 15 is 0 Å². The summed E-state index contributed by atoms with van der Waals surface area (Å²) in [5, 5.41) is 3.99. The van der Waals surface area contributed by atoms with Gasteiger partial charge in [-0.3, -0.25) is 0 Å². The zero-order valence-corrected chi connectivity index (χ0v) is 12.0. The third kappa shape index (κ3) is 3.34. The van der Waals surface area contributed by atoms with Gasteiger partial charge >= 0.3 is 6.61 Å². The maximum Gasteiger partial charge on any atom is 0.387 e. The summed E-state index contributed by atoms with van der Waals surface area (Å²) in [4.78, 5) is 8.22. The zero-order chi connectivity index (χ0) is 16.2. The number of aromatic nitrogens is 4. The highest BCUT2D eigenvalue weighted by molar-refractivity contribution is 5.43. The van der Waals surface area contributed by atoms with Crippen LogP contribution < -0.4 is 9.47 Å². The molecule has 3 rings (SSSR count). The van der Waals surface area contributed by atoms with Gasteiger partial charge in [-0.05, 0) is 12.1 Å². The molecule has 0 bridgehead atoms. The van der Waals surface area contributed by atoms with Gasteiger partial charge in [0.05, 0.1) is 12.3 Å². The lowest BCUT2D eigenvalue weighted by Gasteiger charge is -2.12. The fourth-order valence-electron chi connectivity index (χ4n) is 1.97. The molecule has 0 spiro atoms. The second-order valence-electron chi connectivity index (χ2n) is 4.42. The molecule has 1 aromatic carbocycles. The third-order valence-corrected chi connectivity index (χ3v) is 2.84. The van der Waals surface area contributed by atoms with Crippen LogP contribution in [0.25, 0.3) is 5.78 Å². The number of methoxy groups -OCH3 is 1. The van der Waals surface area contributed by atoms with E-state index in [0.717, 1.165) is 0 Å². The molecule has 0 aliphatic rings. The molecule has 0 amide bonds. The number of fused-ring (bicyclic) bond motifs is 1. The first kappa shape index (κ1) is 15.1. The summed E-state index contributed by atoms with van der Waals surface area (Å²) < 4.78 is 41.5. The molecule has 2 aromatic heterocycles. The van der Waals surface area contributed by atoms with Crippen LogP contribution in [0.5, 0.6) is 17.4 Å². The molecule has 0 saturated heterocycles. The minimum atomic E-state index is -2.95. The zero-order valence-electron chi connectivity index (χ0n) is 12.0. The van der Waals surface area contributed by atoms with Gasteiger partial charge in [-0.25, -0.2) is 4.98 Å². The second-order valence-corrected chi connectivity index (χ2v) is 4.42. The summed E-state index contributed by atoms with van der Waals surface area (Å²) in [7, 11) is 1.53. The van der Waals surface area contributed by atoms with E-state index < -0.39 is 6.61 Å². The van der Waals surface area contributed by atoms with Crippen LogP contribution >= 0.6 is 0 Å². The second kappa shape index (κ2) is 6.53. The predicted molar refractivity (Wildman–Crippen MR) is 74.6 cm³/mol. The molecule has 0 aliphatic carbocycles. The van der Waals surface area contributed by atoms with Crippen molar-refractivity contribution in [3.8, 4) is 17.4 Å². The van der Waals surface area contributed by atoms with Crippen LogP contribution in [0.15, 0.2) is 36.7 Å². The topological polar surface area (TPSA) is 70.8 Å². The van der Waals surface area contributed by atoms with Gasteiger partial charge < -0.3 is 14.2 Å². The van der Waals surface area contributed by atoms with E-state index in [4.69, 9.17) is 9.47 Å². The van der Waals surface area contributed by atoms with Crippen molar-refractivity contribution in [2.24, 2.45) is 0 Å². The predicted octanol–water partition coefficient (Wildman–Crippen LogP) is 2.66. The average molecular weight is 322 g/mol.